The van der Waals surface area contributed by atoms with E-state index in [0.717, 1.165) is 12.2 Å². The monoisotopic (exact) mass is 274 g/mol. The van der Waals surface area contributed by atoms with E-state index in [1.54, 1.807) is 0 Å². The van der Waals surface area contributed by atoms with Gasteiger partial charge in [-0.15, -0.1) is 0 Å². The maximum atomic E-state index is 12.0. The van der Waals surface area contributed by atoms with Crippen LogP contribution in [0.4, 0.5) is 10.8 Å². The minimum atomic E-state index is -0.0142. The van der Waals surface area contributed by atoms with E-state index in [-0.39, 0.29) is 11.8 Å². The zero-order valence-electron chi connectivity index (χ0n) is 10.5. The number of aromatic nitrogens is 2. The van der Waals surface area contributed by atoms with Gasteiger partial charge in [-0.1, -0.05) is 18.2 Å². The number of carbonyl (C=O) groups is 1. The lowest BCUT2D eigenvalue weighted by molar-refractivity contribution is -0.116. The zero-order chi connectivity index (χ0) is 13.2. The Kier molecular flexibility index (Phi) is 3.16. The van der Waals surface area contributed by atoms with Gasteiger partial charge in [0.25, 0.3) is 0 Å². The van der Waals surface area contributed by atoms with Gasteiger partial charge in [0.1, 0.15) is 5.82 Å². The van der Waals surface area contributed by atoms with Gasteiger partial charge in [0.15, 0.2) is 0 Å². The molecule has 1 unspecified atom stereocenters. The van der Waals surface area contributed by atoms with E-state index < -0.39 is 0 Å². The van der Waals surface area contributed by atoms with E-state index in [9.17, 15) is 4.79 Å². The molecule has 0 saturated heterocycles. The molecule has 2 heterocycles. The number of aryl methyl sites for hydroxylation is 1. The van der Waals surface area contributed by atoms with Crippen molar-refractivity contribution in [2.75, 3.05) is 17.2 Å². The van der Waals surface area contributed by atoms with Crippen LogP contribution >= 0.6 is 11.5 Å². The fraction of sp³-hybridized carbons (Fsp3) is 0.308. The molecule has 3 rings (SSSR count). The number of fused-ring (bicyclic) bond motifs is 1. The molecule has 2 N–H and O–H groups in total. The Morgan fingerprint density at radius 1 is 1.53 bits per heavy atom. The molecular weight excluding hydrogens is 260 g/mol. The fourth-order valence-electron chi connectivity index (χ4n) is 2.28. The second-order valence-corrected chi connectivity index (χ2v) is 5.32. The van der Waals surface area contributed by atoms with Crippen LogP contribution in [-0.2, 0) is 4.79 Å². The van der Waals surface area contributed by atoms with E-state index in [4.69, 9.17) is 0 Å². The SMILES string of the molecule is Cc1nsc(NC(=O)CC2CNc3ccccc32)n1. The number of amides is 1. The average Bonchev–Trinajstić information content (AvgIpc) is 2.97. The van der Waals surface area contributed by atoms with Crippen LogP contribution in [0, 0.1) is 6.92 Å². The lowest BCUT2D eigenvalue weighted by atomic mass is 9.98. The van der Waals surface area contributed by atoms with Gasteiger partial charge >= 0.3 is 0 Å². The Labute approximate surface area is 115 Å². The van der Waals surface area contributed by atoms with Crippen LogP contribution in [0.25, 0.3) is 0 Å². The summed E-state index contributed by atoms with van der Waals surface area (Å²) in [5.74, 6) is 0.901. The van der Waals surface area contributed by atoms with Crippen LogP contribution in [-0.4, -0.2) is 21.8 Å². The summed E-state index contributed by atoms with van der Waals surface area (Å²) in [6.45, 7) is 2.62. The molecule has 1 aliphatic rings. The molecule has 0 spiro atoms. The quantitative estimate of drug-likeness (QED) is 0.902. The first kappa shape index (κ1) is 12.1. The highest BCUT2D eigenvalue weighted by atomic mass is 32.1. The molecule has 6 heteroatoms. The normalized spacial score (nSPS) is 16.8. The van der Waals surface area contributed by atoms with Crippen molar-refractivity contribution in [1.29, 1.82) is 0 Å². The molecule has 1 aliphatic heterocycles. The van der Waals surface area contributed by atoms with Crippen molar-refractivity contribution in [3.05, 3.63) is 35.7 Å². The first-order chi connectivity index (χ1) is 9.22. The fourth-order valence-corrected chi connectivity index (χ4v) is 2.87. The first-order valence-corrected chi connectivity index (χ1v) is 6.92. The predicted octanol–water partition coefficient (Wildman–Crippen LogP) is 2.38. The van der Waals surface area contributed by atoms with Crippen molar-refractivity contribution in [3.8, 4) is 0 Å². The average molecular weight is 274 g/mol. The van der Waals surface area contributed by atoms with Gasteiger partial charge in [0.05, 0.1) is 0 Å². The van der Waals surface area contributed by atoms with E-state index in [2.05, 4.69) is 26.1 Å². The van der Waals surface area contributed by atoms with Crippen LogP contribution in [0.5, 0.6) is 0 Å². The minimum Gasteiger partial charge on any atom is -0.384 e. The van der Waals surface area contributed by atoms with Gasteiger partial charge < -0.3 is 10.6 Å². The van der Waals surface area contributed by atoms with Crippen LogP contribution in [0.2, 0.25) is 0 Å². The summed E-state index contributed by atoms with van der Waals surface area (Å²) in [5, 5.41) is 6.69. The molecule has 0 aliphatic carbocycles. The molecular formula is C13H14N4OS. The van der Waals surface area contributed by atoms with Crippen molar-refractivity contribution in [2.45, 2.75) is 19.3 Å². The Balaban J connectivity index is 1.65. The molecule has 1 aromatic carbocycles. The predicted molar refractivity (Wildman–Crippen MR) is 75.6 cm³/mol. The number of carbonyl (C=O) groups excluding carboxylic acids is 1. The Bertz CT molecular complexity index is 610. The summed E-state index contributed by atoms with van der Waals surface area (Å²) in [5.41, 5.74) is 2.35. The van der Waals surface area contributed by atoms with E-state index in [0.29, 0.717) is 17.4 Å². The largest absolute Gasteiger partial charge is 0.384 e. The molecule has 1 atom stereocenters. The number of benzene rings is 1. The highest BCUT2D eigenvalue weighted by Gasteiger charge is 2.24. The number of nitrogens with zero attached hydrogens (tertiary/aromatic N) is 2. The van der Waals surface area contributed by atoms with Crippen molar-refractivity contribution in [1.82, 2.24) is 9.36 Å². The van der Waals surface area contributed by atoms with E-state index in [1.165, 1.54) is 17.1 Å². The standard InChI is InChI=1S/C13H14N4OS/c1-8-15-13(19-17-8)16-12(18)6-9-7-14-11-5-3-2-4-10(9)11/h2-5,9,14H,6-7H2,1H3,(H,15,16,17,18). The third kappa shape index (κ3) is 2.58. The minimum absolute atomic E-state index is 0.0142. The summed E-state index contributed by atoms with van der Waals surface area (Å²) in [4.78, 5) is 16.1. The van der Waals surface area contributed by atoms with Gasteiger partial charge in [-0.3, -0.25) is 4.79 Å². The zero-order valence-corrected chi connectivity index (χ0v) is 11.3. The Morgan fingerprint density at radius 2 is 2.37 bits per heavy atom. The van der Waals surface area contributed by atoms with Crippen LogP contribution in [0.3, 0.4) is 0 Å². The highest BCUT2D eigenvalue weighted by molar-refractivity contribution is 7.09. The Morgan fingerprint density at radius 3 is 3.16 bits per heavy atom. The maximum absolute atomic E-state index is 12.0. The maximum Gasteiger partial charge on any atom is 0.226 e. The van der Waals surface area contributed by atoms with Gasteiger partial charge in [-0.2, -0.15) is 4.37 Å². The summed E-state index contributed by atoms with van der Waals surface area (Å²) in [6.07, 6.45) is 0.461. The summed E-state index contributed by atoms with van der Waals surface area (Å²) < 4.78 is 4.04. The van der Waals surface area contributed by atoms with Crippen molar-refractivity contribution < 1.29 is 4.79 Å². The van der Waals surface area contributed by atoms with Gasteiger partial charge in [-0.05, 0) is 18.6 Å². The number of hydrogen-bond acceptors (Lipinski definition) is 5. The second kappa shape index (κ2) is 4.97. The number of nitrogens with one attached hydrogen (secondary N) is 2. The summed E-state index contributed by atoms with van der Waals surface area (Å²) in [7, 11) is 0. The molecule has 19 heavy (non-hydrogen) atoms. The summed E-state index contributed by atoms with van der Waals surface area (Å²) >= 11 is 1.21. The van der Waals surface area contributed by atoms with Gasteiger partial charge in [0.2, 0.25) is 11.0 Å². The van der Waals surface area contributed by atoms with E-state index in [1.807, 2.05) is 25.1 Å². The lowest BCUT2D eigenvalue weighted by Gasteiger charge is -2.08. The number of hydrogen-bond donors (Lipinski definition) is 2. The highest BCUT2D eigenvalue weighted by Crippen LogP contribution is 2.33. The van der Waals surface area contributed by atoms with Crippen LogP contribution < -0.4 is 10.6 Å². The molecule has 0 bridgehead atoms. The second-order valence-electron chi connectivity index (χ2n) is 4.56. The van der Waals surface area contributed by atoms with Crippen molar-refractivity contribution >= 4 is 28.3 Å². The van der Waals surface area contributed by atoms with Crippen molar-refractivity contribution in [3.63, 3.8) is 0 Å². The molecule has 0 saturated carbocycles. The third-order valence-corrected chi connectivity index (χ3v) is 3.87. The topological polar surface area (TPSA) is 66.9 Å². The number of para-hydroxylation sites is 1. The molecule has 1 aromatic heterocycles. The van der Waals surface area contributed by atoms with E-state index >= 15 is 0 Å². The number of rotatable bonds is 3. The molecule has 0 radical (unpaired) electrons. The molecule has 2 aromatic rings. The van der Waals surface area contributed by atoms with Crippen LogP contribution in [0.1, 0.15) is 23.7 Å². The molecule has 5 nitrogen and oxygen atoms in total. The molecule has 0 fully saturated rings. The molecule has 98 valence electrons. The third-order valence-electron chi connectivity index (χ3n) is 3.15. The number of anilines is 2. The van der Waals surface area contributed by atoms with Gasteiger partial charge in [-0.25, -0.2) is 4.98 Å². The first-order valence-electron chi connectivity index (χ1n) is 6.15. The lowest BCUT2D eigenvalue weighted by Crippen LogP contribution is -2.16. The smallest absolute Gasteiger partial charge is 0.226 e. The van der Waals surface area contributed by atoms with Crippen molar-refractivity contribution in [2.24, 2.45) is 0 Å². The molecule has 1 amide bonds. The van der Waals surface area contributed by atoms with Gasteiger partial charge in [0, 0.05) is 36.1 Å². The van der Waals surface area contributed by atoms with Crippen LogP contribution in [0.15, 0.2) is 24.3 Å². The Hall–Kier alpha value is -1.95. The summed E-state index contributed by atoms with van der Waals surface area (Å²) in [6, 6.07) is 8.12.